The van der Waals surface area contributed by atoms with Gasteiger partial charge in [-0.05, 0) is 37.5 Å². The predicted octanol–water partition coefficient (Wildman–Crippen LogP) is 4.21. The molecule has 2 aliphatic rings. The van der Waals surface area contributed by atoms with Crippen molar-refractivity contribution in [2.75, 3.05) is 19.0 Å². The van der Waals surface area contributed by atoms with Gasteiger partial charge < -0.3 is 4.90 Å². The summed E-state index contributed by atoms with van der Waals surface area (Å²) in [4.78, 5) is 14.4. The number of alkyl halides is 1. The molecule has 2 fully saturated rings. The summed E-state index contributed by atoms with van der Waals surface area (Å²) in [6.07, 6.45) is 12.2. The van der Waals surface area contributed by atoms with Gasteiger partial charge in [-0.3, -0.25) is 4.79 Å². The van der Waals surface area contributed by atoms with Crippen LogP contribution in [0.3, 0.4) is 0 Å². The SMILES string of the molecule is O=C(CCC1CCCCC1)N1CCCC(CCCl)C1. The van der Waals surface area contributed by atoms with E-state index in [1.54, 1.807) is 0 Å². The standard InChI is InChI=1S/C16H28ClNO/c17-11-10-15-7-4-12-18(13-15)16(19)9-8-14-5-2-1-3-6-14/h14-15H,1-13H2. The van der Waals surface area contributed by atoms with Gasteiger partial charge in [-0.1, -0.05) is 32.1 Å². The van der Waals surface area contributed by atoms with Crippen LogP contribution in [0, 0.1) is 11.8 Å². The Morgan fingerprint density at radius 3 is 2.47 bits per heavy atom. The van der Waals surface area contributed by atoms with Gasteiger partial charge in [-0.25, -0.2) is 0 Å². The minimum Gasteiger partial charge on any atom is -0.342 e. The summed E-state index contributed by atoms with van der Waals surface area (Å²) in [6.45, 7) is 1.93. The number of rotatable bonds is 5. The van der Waals surface area contributed by atoms with Crippen LogP contribution in [-0.2, 0) is 4.79 Å². The lowest BCUT2D eigenvalue weighted by molar-refractivity contribution is -0.133. The Hall–Kier alpha value is -0.240. The lowest BCUT2D eigenvalue weighted by Gasteiger charge is -2.33. The second-order valence-electron chi connectivity index (χ2n) is 6.37. The molecule has 1 aliphatic carbocycles. The fourth-order valence-electron chi connectivity index (χ4n) is 3.64. The summed E-state index contributed by atoms with van der Waals surface area (Å²) < 4.78 is 0. The van der Waals surface area contributed by atoms with Gasteiger partial charge in [0.15, 0.2) is 0 Å². The number of likely N-dealkylation sites (tertiary alicyclic amines) is 1. The molecule has 1 heterocycles. The van der Waals surface area contributed by atoms with Crippen molar-refractivity contribution in [2.45, 2.75) is 64.2 Å². The Morgan fingerprint density at radius 2 is 1.74 bits per heavy atom. The smallest absolute Gasteiger partial charge is 0.222 e. The van der Waals surface area contributed by atoms with Crippen molar-refractivity contribution in [1.82, 2.24) is 4.90 Å². The van der Waals surface area contributed by atoms with E-state index in [1.807, 2.05) is 0 Å². The van der Waals surface area contributed by atoms with E-state index in [1.165, 1.54) is 38.5 Å². The number of hydrogen-bond donors (Lipinski definition) is 0. The van der Waals surface area contributed by atoms with Gasteiger partial charge >= 0.3 is 0 Å². The highest BCUT2D eigenvalue weighted by Gasteiger charge is 2.24. The van der Waals surface area contributed by atoms with Crippen molar-refractivity contribution < 1.29 is 4.79 Å². The molecule has 1 atom stereocenters. The normalized spacial score (nSPS) is 25.5. The summed E-state index contributed by atoms with van der Waals surface area (Å²) in [5.74, 6) is 2.59. The van der Waals surface area contributed by atoms with Gasteiger partial charge in [0.2, 0.25) is 5.91 Å². The van der Waals surface area contributed by atoms with Crippen molar-refractivity contribution in [3.05, 3.63) is 0 Å². The minimum absolute atomic E-state index is 0.393. The Kier molecular flexibility index (Phi) is 6.49. The number of carbonyl (C=O) groups excluding carboxylic acids is 1. The summed E-state index contributed by atoms with van der Waals surface area (Å²) in [5, 5.41) is 0. The zero-order chi connectivity index (χ0) is 13.5. The van der Waals surface area contributed by atoms with Crippen molar-refractivity contribution in [2.24, 2.45) is 11.8 Å². The second kappa shape index (κ2) is 8.14. The highest BCUT2D eigenvalue weighted by Crippen LogP contribution is 2.28. The van der Waals surface area contributed by atoms with Crippen LogP contribution < -0.4 is 0 Å². The Balaban J connectivity index is 1.69. The fourth-order valence-corrected chi connectivity index (χ4v) is 3.95. The van der Waals surface area contributed by atoms with Gasteiger partial charge in [0, 0.05) is 25.4 Å². The molecule has 0 aromatic heterocycles. The number of nitrogens with zero attached hydrogens (tertiary/aromatic N) is 1. The van der Waals surface area contributed by atoms with Gasteiger partial charge in [0.25, 0.3) is 0 Å². The average molecular weight is 286 g/mol. The summed E-state index contributed by atoms with van der Waals surface area (Å²) in [6, 6.07) is 0. The Morgan fingerprint density at radius 1 is 1.00 bits per heavy atom. The maximum absolute atomic E-state index is 12.3. The molecule has 0 bridgehead atoms. The van der Waals surface area contributed by atoms with Gasteiger partial charge in [0.05, 0.1) is 0 Å². The number of amides is 1. The maximum Gasteiger partial charge on any atom is 0.222 e. The largest absolute Gasteiger partial charge is 0.342 e. The Bertz CT molecular complexity index is 274. The van der Waals surface area contributed by atoms with Crippen LogP contribution in [0.5, 0.6) is 0 Å². The van der Waals surface area contributed by atoms with E-state index in [0.29, 0.717) is 11.8 Å². The first-order valence-corrected chi connectivity index (χ1v) is 8.67. The van der Waals surface area contributed by atoms with E-state index in [0.717, 1.165) is 50.6 Å². The fraction of sp³-hybridized carbons (Fsp3) is 0.938. The van der Waals surface area contributed by atoms with E-state index in [9.17, 15) is 4.79 Å². The van der Waals surface area contributed by atoms with Crippen LogP contribution in [-0.4, -0.2) is 29.8 Å². The zero-order valence-corrected chi connectivity index (χ0v) is 12.8. The molecule has 3 heteroatoms. The molecule has 0 radical (unpaired) electrons. The van der Waals surface area contributed by atoms with Crippen molar-refractivity contribution in [3.8, 4) is 0 Å². The second-order valence-corrected chi connectivity index (χ2v) is 6.75. The van der Waals surface area contributed by atoms with E-state index in [-0.39, 0.29) is 0 Å². The third-order valence-electron chi connectivity index (χ3n) is 4.88. The zero-order valence-electron chi connectivity index (χ0n) is 12.1. The molecule has 19 heavy (non-hydrogen) atoms. The summed E-state index contributed by atoms with van der Waals surface area (Å²) in [7, 11) is 0. The van der Waals surface area contributed by atoms with Crippen molar-refractivity contribution in [1.29, 1.82) is 0 Å². The highest BCUT2D eigenvalue weighted by atomic mass is 35.5. The summed E-state index contributed by atoms with van der Waals surface area (Å²) >= 11 is 5.82. The first kappa shape index (κ1) is 15.2. The van der Waals surface area contributed by atoms with Crippen LogP contribution in [0.2, 0.25) is 0 Å². The molecule has 0 spiro atoms. The Labute approximate surface area is 122 Å². The molecule has 0 aromatic carbocycles. The third-order valence-corrected chi connectivity index (χ3v) is 5.10. The molecule has 110 valence electrons. The molecule has 1 saturated heterocycles. The molecule has 0 aromatic rings. The van der Waals surface area contributed by atoms with E-state index in [2.05, 4.69) is 4.90 Å². The molecular weight excluding hydrogens is 258 g/mol. The van der Waals surface area contributed by atoms with Gasteiger partial charge in [0.1, 0.15) is 0 Å². The lowest BCUT2D eigenvalue weighted by Crippen LogP contribution is -2.40. The molecule has 1 saturated carbocycles. The molecular formula is C16H28ClNO. The first-order chi connectivity index (χ1) is 9.29. The van der Waals surface area contributed by atoms with E-state index in [4.69, 9.17) is 11.6 Å². The quantitative estimate of drug-likeness (QED) is 0.693. The topological polar surface area (TPSA) is 20.3 Å². The van der Waals surface area contributed by atoms with Gasteiger partial charge in [-0.15, -0.1) is 11.6 Å². The number of halogens is 1. The van der Waals surface area contributed by atoms with E-state index < -0.39 is 0 Å². The van der Waals surface area contributed by atoms with Crippen LogP contribution in [0.15, 0.2) is 0 Å². The molecule has 1 amide bonds. The maximum atomic E-state index is 12.3. The number of carbonyl (C=O) groups is 1. The van der Waals surface area contributed by atoms with Crippen LogP contribution in [0.25, 0.3) is 0 Å². The molecule has 1 unspecified atom stereocenters. The highest BCUT2D eigenvalue weighted by molar-refractivity contribution is 6.17. The lowest BCUT2D eigenvalue weighted by atomic mass is 9.86. The number of piperidine rings is 1. The summed E-state index contributed by atoms with van der Waals surface area (Å²) in [5.41, 5.74) is 0. The molecule has 0 N–H and O–H groups in total. The third kappa shape index (κ3) is 4.98. The van der Waals surface area contributed by atoms with Crippen molar-refractivity contribution in [3.63, 3.8) is 0 Å². The molecule has 1 aliphatic heterocycles. The van der Waals surface area contributed by atoms with Crippen LogP contribution in [0.4, 0.5) is 0 Å². The molecule has 2 nitrogen and oxygen atoms in total. The minimum atomic E-state index is 0.393. The molecule has 2 rings (SSSR count). The van der Waals surface area contributed by atoms with Crippen LogP contribution in [0.1, 0.15) is 64.2 Å². The average Bonchev–Trinajstić information content (AvgIpc) is 2.46. The van der Waals surface area contributed by atoms with Crippen molar-refractivity contribution >= 4 is 17.5 Å². The first-order valence-electron chi connectivity index (χ1n) is 8.13. The van der Waals surface area contributed by atoms with Gasteiger partial charge in [-0.2, -0.15) is 0 Å². The van der Waals surface area contributed by atoms with E-state index >= 15 is 0 Å². The monoisotopic (exact) mass is 285 g/mol. The van der Waals surface area contributed by atoms with Crippen LogP contribution >= 0.6 is 11.6 Å². The number of hydrogen-bond acceptors (Lipinski definition) is 1. The predicted molar refractivity (Wildman–Crippen MR) is 80.5 cm³/mol.